The third kappa shape index (κ3) is 3.60. The molecular formula is C13H24O2. The van der Waals surface area contributed by atoms with Crippen LogP contribution in [-0.4, -0.2) is 18.5 Å². The molecule has 1 saturated carbocycles. The largest absolute Gasteiger partial charge is 0.379 e. The number of Topliss-reactive ketones (excluding diaryl/α,β-unsaturated/α-hetero) is 1. The molecule has 1 rings (SSSR count). The van der Waals surface area contributed by atoms with Crippen LogP contribution >= 0.6 is 0 Å². The number of methoxy groups -OCH3 is 1. The predicted octanol–water partition coefficient (Wildman–Crippen LogP) is 3.20. The summed E-state index contributed by atoms with van der Waals surface area (Å²) in [5, 5.41) is 0. The highest BCUT2D eigenvalue weighted by Crippen LogP contribution is 2.32. The molecule has 0 aromatic rings. The minimum atomic E-state index is -0.0415. The molecule has 0 bridgehead atoms. The Morgan fingerprint density at radius 2 is 2.13 bits per heavy atom. The zero-order valence-corrected chi connectivity index (χ0v) is 10.5. The van der Waals surface area contributed by atoms with E-state index in [4.69, 9.17) is 4.74 Å². The van der Waals surface area contributed by atoms with Gasteiger partial charge < -0.3 is 4.74 Å². The molecule has 1 aliphatic rings. The van der Waals surface area contributed by atoms with Gasteiger partial charge >= 0.3 is 0 Å². The van der Waals surface area contributed by atoms with E-state index in [1.165, 1.54) is 6.42 Å². The van der Waals surface area contributed by atoms with Crippen molar-refractivity contribution in [2.75, 3.05) is 7.11 Å². The van der Waals surface area contributed by atoms with Crippen molar-refractivity contribution in [3.05, 3.63) is 0 Å². The summed E-state index contributed by atoms with van der Waals surface area (Å²) >= 11 is 0. The number of hydrogen-bond donors (Lipinski definition) is 0. The van der Waals surface area contributed by atoms with Crippen molar-refractivity contribution < 1.29 is 9.53 Å². The minimum Gasteiger partial charge on any atom is -0.379 e. The van der Waals surface area contributed by atoms with Crippen LogP contribution in [0.4, 0.5) is 0 Å². The lowest BCUT2D eigenvalue weighted by molar-refractivity contribution is -0.126. The van der Waals surface area contributed by atoms with Gasteiger partial charge in [-0.05, 0) is 45.4 Å². The molecule has 0 radical (unpaired) electrons. The Bertz CT molecular complexity index is 221. The van der Waals surface area contributed by atoms with Crippen LogP contribution < -0.4 is 0 Å². The van der Waals surface area contributed by atoms with Crippen molar-refractivity contribution >= 4 is 5.78 Å². The summed E-state index contributed by atoms with van der Waals surface area (Å²) in [5.41, 5.74) is -0.0415. The van der Waals surface area contributed by atoms with Crippen LogP contribution in [0.25, 0.3) is 0 Å². The van der Waals surface area contributed by atoms with Gasteiger partial charge in [-0.2, -0.15) is 0 Å². The number of hydrogen-bond acceptors (Lipinski definition) is 2. The number of carbonyl (C=O) groups is 1. The summed E-state index contributed by atoms with van der Waals surface area (Å²) in [6, 6.07) is 0. The molecule has 15 heavy (non-hydrogen) atoms. The molecule has 0 aromatic heterocycles. The maximum Gasteiger partial charge on any atom is 0.135 e. The minimum absolute atomic E-state index is 0.0415. The molecule has 0 aliphatic heterocycles. The first kappa shape index (κ1) is 12.7. The summed E-state index contributed by atoms with van der Waals surface area (Å²) in [6.07, 6.45) is 5.26. The first-order chi connectivity index (χ1) is 6.96. The van der Waals surface area contributed by atoms with E-state index in [9.17, 15) is 4.79 Å². The average molecular weight is 212 g/mol. The molecule has 0 spiro atoms. The van der Waals surface area contributed by atoms with Gasteiger partial charge in [0.2, 0.25) is 0 Å². The Kier molecular flexibility index (Phi) is 4.32. The zero-order chi connectivity index (χ0) is 11.5. The molecule has 0 amide bonds. The summed E-state index contributed by atoms with van der Waals surface area (Å²) < 4.78 is 5.41. The third-order valence-corrected chi connectivity index (χ3v) is 3.88. The summed E-state index contributed by atoms with van der Waals surface area (Å²) in [4.78, 5) is 11.6. The quantitative estimate of drug-likeness (QED) is 0.715. The predicted molar refractivity (Wildman–Crippen MR) is 61.8 cm³/mol. The Labute approximate surface area is 93.4 Å². The number of ether oxygens (including phenoxy) is 1. The van der Waals surface area contributed by atoms with Crippen molar-refractivity contribution in [2.45, 2.75) is 58.5 Å². The van der Waals surface area contributed by atoms with Crippen LogP contribution in [0.5, 0.6) is 0 Å². The van der Waals surface area contributed by atoms with Crippen LogP contribution in [0.15, 0.2) is 0 Å². The molecule has 0 saturated heterocycles. The number of carbonyl (C=O) groups excluding carboxylic acids is 1. The Balaban J connectivity index is 2.41. The van der Waals surface area contributed by atoms with Crippen LogP contribution in [-0.2, 0) is 9.53 Å². The van der Waals surface area contributed by atoms with Gasteiger partial charge in [-0.15, -0.1) is 0 Å². The Morgan fingerprint density at radius 3 is 2.73 bits per heavy atom. The van der Waals surface area contributed by atoms with Gasteiger partial charge in [0.25, 0.3) is 0 Å². The highest BCUT2D eigenvalue weighted by atomic mass is 16.5. The van der Waals surface area contributed by atoms with Gasteiger partial charge in [-0.1, -0.05) is 6.92 Å². The van der Waals surface area contributed by atoms with Crippen molar-refractivity contribution in [1.82, 2.24) is 0 Å². The molecule has 1 aliphatic carbocycles. The highest BCUT2D eigenvalue weighted by molar-refractivity contribution is 5.81. The van der Waals surface area contributed by atoms with Crippen LogP contribution in [0.3, 0.4) is 0 Å². The number of rotatable bonds is 4. The molecule has 2 unspecified atom stereocenters. The second kappa shape index (κ2) is 5.11. The fourth-order valence-electron chi connectivity index (χ4n) is 2.31. The topological polar surface area (TPSA) is 26.3 Å². The normalized spacial score (nSPS) is 28.1. The maximum absolute atomic E-state index is 11.6. The van der Waals surface area contributed by atoms with Gasteiger partial charge in [0, 0.05) is 19.4 Å². The van der Waals surface area contributed by atoms with Crippen molar-refractivity contribution in [1.29, 1.82) is 0 Å². The van der Waals surface area contributed by atoms with E-state index in [2.05, 4.69) is 20.8 Å². The molecular weight excluding hydrogens is 188 g/mol. The van der Waals surface area contributed by atoms with E-state index in [0.717, 1.165) is 25.7 Å². The van der Waals surface area contributed by atoms with Crippen molar-refractivity contribution in [3.63, 3.8) is 0 Å². The van der Waals surface area contributed by atoms with Crippen molar-refractivity contribution in [2.24, 2.45) is 11.8 Å². The molecule has 2 atom stereocenters. The Hall–Kier alpha value is -0.370. The second-order valence-corrected chi connectivity index (χ2v) is 5.41. The van der Waals surface area contributed by atoms with Crippen LogP contribution in [0.2, 0.25) is 0 Å². The van der Waals surface area contributed by atoms with E-state index < -0.39 is 0 Å². The van der Waals surface area contributed by atoms with Gasteiger partial charge in [0.1, 0.15) is 5.78 Å². The monoisotopic (exact) mass is 212 g/mol. The van der Waals surface area contributed by atoms with E-state index in [1.54, 1.807) is 7.11 Å². The lowest BCUT2D eigenvalue weighted by Gasteiger charge is -2.31. The van der Waals surface area contributed by atoms with E-state index in [1.807, 2.05) is 0 Å². The first-order valence-corrected chi connectivity index (χ1v) is 6.04. The molecule has 1 fully saturated rings. The summed E-state index contributed by atoms with van der Waals surface area (Å²) in [6.45, 7) is 6.32. The lowest BCUT2D eigenvalue weighted by atomic mass is 9.76. The Morgan fingerprint density at radius 1 is 1.47 bits per heavy atom. The fourth-order valence-corrected chi connectivity index (χ4v) is 2.31. The van der Waals surface area contributed by atoms with Crippen LogP contribution in [0.1, 0.15) is 52.9 Å². The van der Waals surface area contributed by atoms with Gasteiger partial charge in [0.15, 0.2) is 0 Å². The summed E-state index contributed by atoms with van der Waals surface area (Å²) in [7, 11) is 1.76. The van der Waals surface area contributed by atoms with E-state index >= 15 is 0 Å². The maximum atomic E-state index is 11.6. The molecule has 2 nitrogen and oxygen atoms in total. The van der Waals surface area contributed by atoms with E-state index in [-0.39, 0.29) is 11.5 Å². The molecule has 2 heteroatoms. The molecule has 88 valence electrons. The molecule has 0 aromatic carbocycles. The van der Waals surface area contributed by atoms with Crippen molar-refractivity contribution in [3.8, 4) is 0 Å². The summed E-state index contributed by atoms with van der Waals surface area (Å²) in [5.74, 6) is 1.31. The third-order valence-electron chi connectivity index (χ3n) is 3.88. The molecule has 0 heterocycles. The van der Waals surface area contributed by atoms with Crippen LogP contribution in [0, 0.1) is 11.8 Å². The second-order valence-electron chi connectivity index (χ2n) is 5.41. The van der Waals surface area contributed by atoms with E-state index in [0.29, 0.717) is 11.7 Å². The molecule has 0 N–H and O–H groups in total. The van der Waals surface area contributed by atoms with Gasteiger partial charge in [-0.25, -0.2) is 0 Å². The zero-order valence-electron chi connectivity index (χ0n) is 10.5. The van der Waals surface area contributed by atoms with Gasteiger partial charge in [-0.3, -0.25) is 4.79 Å². The standard InChI is InChI=1S/C13H24O2/c1-10-11(6-5-7-12(10)14)8-9-13(2,3)15-4/h10-11H,5-9H2,1-4H3. The fraction of sp³-hybridized carbons (Fsp3) is 0.923. The number of ketones is 1. The lowest BCUT2D eigenvalue weighted by Crippen LogP contribution is -2.29. The highest BCUT2D eigenvalue weighted by Gasteiger charge is 2.29. The SMILES string of the molecule is COC(C)(C)CCC1CCCC(=O)C1C. The average Bonchev–Trinajstić information content (AvgIpc) is 2.20. The van der Waals surface area contributed by atoms with Gasteiger partial charge in [0.05, 0.1) is 5.60 Å². The smallest absolute Gasteiger partial charge is 0.135 e. The first-order valence-electron chi connectivity index (χ1n) is 6.04.